The molecule has 0 atom stereocenters. The van der Waals surface area contributed by atoms with Crippen LogP contribution in [0.3, 0.4) is 0 Å². The number of hydrogen-bond donors (Lipinski definition) is 1. The first-order chi connectivity index (χ1) is 8.88. The zero-order valence-electron chi connectivity index (χ0n) is 9.71. The van der Waals surface area contributed by atoms with Gasteiger partial charge in [-0.3, -0.25) is 4.98 Å². The van der Waals surface area contributed by atoms with E-state index in [0.717, 1.165) is 32.9 Å². The fourth-order valence-corrected chi connectivity index (χ4v) is 2.77. The van der Waals surface area contributed by atoms with Crippen LogP contribution in [0, 0.1) is 0 Å². The molecule has 0 aliphatic carbocycles. The molecule has 0 radical (unpaired) electrons. The van der Waals surface area contributed by atoms with Gasteiger partial charge in [0.2, 0.25) is 0 Å². The van der Waals surface area contributed by atoms with Crippen molar-refractivity contribution in [2.24, 2.45) is 5.73 Å². The Balaban J connectivity index is 2.12. The Morgan fingerprint density at radius 1 is 1.11 bits per heavy atom. The maximum absolute atomic E-state index is 5.53. The third kappa shape index (κ3) is 1.98. The van der Waals surface area contributed by atoms with Crippen molar-refractivity contribution in [3.63, 3.8) is 0 Å². The second kappa shape index (κ2) is 4.80. The van der Waals surface area contributed by atoms with Crippen molar-refractivity contribution in [2.75, 3.05) is 6.54 Å². The van der Waals surface area contributed by atoms with E-state index in [1.54, 1.807) is 17.5 Å². The van der Waals surface area contributed by atoms with Crippen molar-refractivity contribution < 1.29 is 0 Å². The highest BCUT2D eigenvalue weighted by Gasteiger charge is 2.09. The summed E-state index contributed by atoms with van der Waals surface area (Å²) in [5.74, 6) is 0. The second-order valence-electron chi connectivity index (χ2n) is 3.92. The van der Waals surface area contributed by atoms with Gasteiger partial charge in [-0.25, -0.2) is 0 Å². The number of nitrogens with two attached hydrogens (primary N) is 1. The van der Waals surface area contributed by atoms with E-state index >= 15 is 0 Å². The quantitative estimate of drug-likeness (QED) is 0.780. The summed E-state index contributed by atoms with van der Waals surface area (Å²) >= 11 is 1.60. The maximum atomic E-state index is 5.53. The molecule has 0 aliphatic rings. The lowest BCUT2D eigenvalue weighted by molar-refractivity contribution is 0.913. The SMILES string of the molecule is NCCc1nnc(-c2cccc3ncccc23)s1. The number of rotatable bonds is 3. The minimum atomic E-state index is 0.603. The van der Waals surface area contributed by atoms with Gasteiger partial charge >= 0.3 is 0 Å². The van der Waals surface area contributed by atoms with Gasteiger partial charge in [0, 0.05) is 23.6 Å². The fraction of sp³-hybridized carbons (Fsp3) is 0.154. The largest absolute Gasteiger partial charge is 0.330 e. The summed E-state index contributed by atoms with van der Waals surface area (Å²) in [6, 6.07) is 10.0. The summed E-state index contributed by atoms with van der Waals surface area (Å²) in [5, 5.41) is 11.4. The molecule has 0 amide bonds. The summed E-state index contributed by atoms with van der Waals surface area (Å²) in [5.41, 5.74) is 7.59. The number of hydrogen-bond acceptors (Lipinski definition) is 5. The molecular formula is C13H12N4S. The third-order valence-corrected chi connectivity index (χ3v) is 3.72. The average Bonchev–Trinajstić information content (AvgIpc) is 2.87. The molecule has 18 heavy (non-hydrogen) atoms. The predicted molar refractivity (Wildman–Crippen MR) is 73.4 cm³/mol. The van der Waals surface area contributed by atoms with Gasteiger partial charge in [0.05, 0.1) is 5.52 Å². The first kappa shape index (κ1) is 11.3. The van der Waals surface area contributed by atoms with Crippen molar-refractivity contribution in [2.45, 2.75) is 6.42 Å². The molecule has 0 saturated carbocycles. The maximum Gasteiger partial charge on any atom is 0.148 e. The molecule has 2 N–H and O–H groups in total. The van der Waals surface area contributed by atoms with Crippen LogP contribution < -0.4 is 5.73 Å². The van der Waals surface area contributed by atoms with Gasteiger partial charge in [0.25, 0.3) is 0 Å². The molecule has 2 heterocycles. The van der Waals surface area contributed by atoms with E-state index in [1.165, 1.54) is 0 Å². The molecule has 0 aliphatic heterocycles. The molecule has 1 aromatic carbocycles. The van der Waals surface area contributed by atoms with Crippen molar-refractivity contribution in [3.05, 3.63) is 41.5 Å². The van der Waals surface area contributed by atoms with Crippen LogP contribution in [0.2, 0.25) is 0 Å². The van der Waals surface area contributed by atoms with Crippen LogP contribution in [0.15, 0.2) is 36.5 Å². The standard InChI is InChI=1S/C13H12N4S/c14-7-6-12-16-17-13(18-12)10-3-1-5-11-9(10)4-2-8-15-11/h1-5,8H,6-7,14H2. The summed E-state index contributed by atoms with van der Waals surface area (Å²) in [7, 11) is 0. The van der Waals surface area contributed by atoms with Crippen LogP contribution in [-0.4, -0.2) is 21.7 Å². The summed E-state index contributed by atoms with van der Waals surface area (Å²) < 4.78 is 0. The highest BCUT2D eigenvalue weighted by molar-refractivity contribution is 7.14. The Morgan fingerprint density at radius 3 is 2.94 bits per heavy atom. The first-order valence-corrected chi connectivity index (χ1v) is 6.56. The van der Waals surface area contributed by atoms with E-state index in [4.69, 9.17) is 5.73 Å². The highest BCUT2D eigenvalue weighted by Crippen LogP contribution is 2.29. The minimum absolute atomic E-state index is 0.603. The number of aromatic nitrogens is 3. The van der Waals surface area contributed by atoms with E-state index in [9.17, 15) is 0 Å². The van der Waals surface area contributed by atoms with Crippen LogP contribution >= 0.6 is 11.3 Å². The number of pyridine rings is 1. The average molecular weight is 256 g/mol. The molecule has 5 heteroatoms. The fourth-order valence-electron chi connectivity index (χ4n) is 1.88. The predicted octanol–water partition coefficient (Wildman–Crippen LogP) is 2.25. The van der Waals surface area contributed by atoms with Gasteiger partial charge in [0.15, 0.2) is 0 Å². The minimum Gasteiger partial charge on any atom is -0.330 e. The number of fused-ring (bicyclic) bond motifs is 1. The molecule has 0 unspecified atom stereocenters. The van der Waals surface area contributed by atoms with E-state index in [2.05, 4.69) is 27.3 Å². The Morgan fingerprint density at radius 2 is 2.06 bits per heavy atom. The molecule has 0 spiro atoms. The molecular weight excluding hydrogens is 244 g/mol. The van der Waals surface area contributed by atoms with Crippen LogP contribution in [0.1, 0.15) is 5.01 Å². The summed E-state index contributed by atoms with van der Waals surface area (Å²) in [4.78, 5) is 4.35. The van der Waals surface area contributed by atoms with E-state index in [1.807, 2.05) is 18.2 Å². The lowest BCUT2D eigenvalue weighted by Crippen LogP contribution is -2.01. The monoisotopic (exact) mass is 256 g/mol. The van der Waals surface area contributed by atoms with E-state index in [0.29, 0.717) is 6.54 Å². The summed E-state index contributed by atoms with van der Waals surface area (Å²) in [6.45, 7) is 0.603. The van der Waals surface area contributed by atoms with Crippen molar-refractivity contribution in [3.8, 4) is 10.6 Å². The lowest BCUT2D eigenvalue weighted by atomic mass is 10.1. The molecule has 3 rings (SSSR count). The van der Waals surface area contributed by atoms with Crippen LogP contribution in [-0.2, 0) is 6.42 Å². The molecule has 90 valence electrons. The summed E-state index contributed by atoms with van der Waals surface area (Å²) in [6.07, 6.45) is 2.58. The van der Waals surface area contributed by atoms with Crippen molar-refractivity contribution in [1.29, 1.82) is 0 Å². The Labute approximate surface area is 109 Å². The van der Waals surface area contributed by atoms with Gasteiger partial charge in [-0.2, -0.15) is 0 Å². The molecule has 3 aromatic rings. The van der Waals surface area contributed by atoms with Gasteiger partial charge in [0.1, 0.15) is 10.0 Å². The van der Waals surface area contributed by atoms with Crippen LogP contribution in [0.4, 0.5) is 0 Å². The highest BCUT2D eigenvalue weighted by atomic mass is 32.1. The van der Waals surface area contributed by atoms with Crippen molar-refractivity contribution >= 4 is 22.2 Å². The molecule has 0 saturated heterocycles. The number of nitrogens with zero attached hydrogens (tertiary/aromatic N) is 3. The molecule has 2 aromatic heterocycles. The molecule has 0 fully saturated rings. The van der Waals surface area contributed by atoms with Gasteiger partial charge in [-0.1, -0.05) is 29.5 Å². The third-order valence-electron chi connectivity index (χ3n) is 2.70. The molecule has 4 nitrogen and oxygen atoms in total. The lowest BCUT2D eigenvalue weighted by Gasteiger charge is -2.01. The Bertz CT molecular complexity index is 672. The normalized spacial score (nSPS) is 10.9. The zero-order chi connectivity index (χ0) is 12.4. The smallest absolute Gasteiger partial charge is 0.148 e. The second-order valence-corrected chi connectivity index (χ2v) is 4.98. The number of benzene rings is 1. The zero-order valence-corrected chi connectivity index (χ0v) is 10.5. The Hall–Kier alpha value is -1.85. The van der Waals surface area contributed by atoms with Gasteiger partial charge < -0.3 is 5.73 Å². The van der Waals surface area contributed by atoms with Gasteiger partial charge in [-0.15, -0.1) is 10.2 Å². The molecule has 0 bridgehead atoms. The van der Waals surface area contributed by atoms with E-state index < -0.39 is 0 Å². The first-order valence-electron chi connectivity index (χ1n) is 5.75. The van der Waals surface area contributed by atoms with Crippen LogP contribution in [0.5, 0.6) is 0 Å². The van der Waals surface area contributed by atoms with Gasteiger partial charge in [-0.05, 0) is 18.7 Å². The van der Waals surface area contributed by atoms with E-state index in [-0.39, 0.29) is 0 Å². The van der Waals surface area contributed by atoms with Crippen molar-refractivity contribution in [1.82, 2.24) is 15.2 Å². The topological polar surface area (TPSA) is 64.7 Å². The van der Waals surface area contributed by atoms with Crippen LogP contribution in [0.25, 0.3) is 21.5 Å². The Kier molecular flexibility index (Phi) is 3.00.